The summed E-state index contributed by atoms with van der Waals surface area (Å²) in [5.41, 5.74) is 3.97. The first-order chi connectivity index (χ1) is 15.1. The topological polar surface area (TPSA) is 88.5 Å². The number of halogens is 1. The van der Waals surface area contributed by atoms with Gasteiger partial charge in [-0.2, -0.15) is 5.10 Å². The molecule has 0 spiro atoms. The zero-order chi connectivity index (χ0) is 21.4. The molecule has 156 valence electrons. The van der Waals surface area contributed by atoms with Gasteiger partial charge in [0.05, 0.1) is 11.6 Å². The lowest BCUT2D eigenvalue weighted by molar-refractivity contribution is 0.454. The molecule has 0 aliphatic carbocycles. The van der Waals surface area contributed by atoms with Crippen molar-refractivity contribution in [3.63, 3.8) is 0 Å². The van der Waals surface area contributed by atoms with Crippen LogP contribution in [0.25, 0.3) is 11.1 Å². The van der Waals surface area contributed by atoms with Gasteiger partial charge in [0.25, 0.3) is 5.56 Å². The van der Waals surface area contributed by atoms with Crippen LogP contribution in [-0.4, -0.2) is 25.0 Å². The first-order valence-corrected chi connectivity index (χ1v) is 10.2. The van der Waals surface area contributed by atoms with E-state index in [1.807, 2.05) is 37.3 Å². The Bertz CT molecular complexity index is 1290. The van der Waals surface area contributed by atoms with E-state index in [0.717, 1.165) is 47.5 Å². The molecule has 2 N–H and O–H groups in total. The Balaban J connectivity index is 1.53. The fraction of sp³-hybridized carbons (Fsp3) is 0.217. The molecule has 0 fully saturated rings. The van der Waals surface area contributed by atoms with Gasteiger partial charge in [0, 0.05) is 18.3 Å². The molecule has 0 saturated heterocycles. The molecule has 8 heteroatoms. The van der Waals surface area contributed by atoms with Crippen molar-refractivity contribution in [2.75, 3.05) is 5.32 Å². The summed E-state index contributed by atoms with van der Waals surface area (Å²) in [4.78, 5) is 12.2. The van der Waals surface area contributed by atoms with Crippen LogP contribution in [0.3, 0.4) is 0 Å². The van der Waals surface area contributed by atoms with Crippen LogP contribution < -0.4 is 10.9 Å². The standard InChI is InChI=1S/C23H21FN6O/c1-14-5-6-16(18-11-12-25-28-22(18)31)13-19(14)26-23-29-27-21-4-2-3-20(30(21)23)15-7-9-17(24)10-8-15/h5-13,20H,2-4H2,1H3,(H,26,29)(H,28,31). The number of benzene rings is 2. The summed E-state index contributed by atoms with van der Waals surface area (Å²) >= 11 is 0. The third kappa shape index (κ3) is 3.61. The van der Waals surface area contributed by atoms with E-state index in [-0.39, 0.29) is 17.4 Å². The Morgan fingerprint density at radius 2 is 1.97 bits per heavy atom. The molecule has 0 radical (unpaired) electrons. The number of H-pyrrole nitrogens is 1. The normalized spacial score (nSPS) is 15.5. The molecular formula is C23H21FN6O. The van der Waals surface area contributed by atoms with Crippen molar-refractivity contribution in [3.05, 3.63) is 87.9 Å². The van der Waals surface area contributed by atoms with E-state index in [1.165, 1.54) is 12.1 Å². The monoisotopic (exact) mass is 416 g/mol. The van der Waals surface area contributed by atoms with Gasteiger partial charge in [-0.05, 0) is 60.7 Å². The third-order valence-electron chi connectivity index (χ3n) is 5.73. The van der Waals surface area contributed by atoms with Gasteiger partial charge in [-0.25, -0.2) is 9.49 Å². The molecule has 1 aliphatic rings. The van der Waals surface area contributed by atoms with Gasteiger partial charge in [-0.1, -0.05) is 24.3 Å². The number of anilines is 2. The zero-order valence-corrected chi connectivity index (χ0v) is 17.0. The average molecular weight is 416 g/mol. The number of hydrogen-bond acceptors (Lipinski definition) is 5. The maximum absolute atomic E-state index is 13.4. The van der Waals surface area contributed by atoms with Crippen LogP contribution in [0.5, 0.6) is 0 Å². The molecule has 1 aliphatic heterocycles. The Kier molecular flexibility index (Phi) is 4.82. The van der Waals surface area contributed by atoms with Crippen LogP contribution in [-0.2, 0) is 6.42 Å². The molecule has 4 aromatic rings. The molecule has 7 nitrogen and oxygen atoms in total. The second-order valence-electron chi connectivity index (χ2n) is 7.72. The maximum Gasteiger partial charge on any atom is 0.272 e. The number of aromatic nitrogens is 5. The molecule has 0 amide bonds. The minimum absolute atomic E-state index is 0.0355. The summed E-state index contributed by atoms with van der Waals surface area (Å²) in [6.45, 7) is 1.99. The fourth-order valence-electron chi connectivity index (χ4n) is 4.11. The van der Waals surface area contributed by atoms with Gasteiger partial charge < -0.3 is 5.32 Å². The lowest BCUT2D eigenvalue weighted by atomic mass is 9.97. The van der Waals surface area contributed by atoms with E-state index in [0.29, 0.717) is 11.5 Å². The maximum atomic E-state index is 13.4. The summed E-state index contributed by atoms with van der Waals surface area (Å²) < 4.78 is 15.5. The summed E-state index contributed by atoms with van der Waals surface area (Å²) in [5, 5.41) is 18.4. The summed E-state index contributed by atoms with van der Waals surface area (Å²) in [5.74, 6) is 1.29. The van der Waals surface area contributed by atoms with Crippen molar-refractivity contribution < 1.29 is 4.39 Å². The van der Waals surface area contributed by atoms with E-state index in [1.54, 1.807) is 12.3 Å². The Morgan fingerprint density at radius 1 is 1.13 bits per heavy atom. The van der Waals surface area contributed by atoms with Gasteiger partial charge in [-0.3, -0.25) is 9.36 Å². The molecule has 1 unspecified atom stereocenters. The highest BCUT2D eigenvalue weighted by atomic mass is 19.1. The van der Waals surface area contributed by atoms with Crippen LogP contribution in [0.2, 0.25) is 0 Å². The number of aryl methyl sites for hydroxylation is 2. The highest BCUT2D eigenvalue weighted by Crippen LogP contribution is 2.34. The quantitative estimate of drug-likeness (QED) is 0.522. The lowest BCUT2D eigenvalue weighted by Crippen LogP contribution is -2.20. The summed E-state index contributed by atoms with van der Waals surface area (Å²) in [7, 11) is 0. The van der Waals surface area contributed by atoms with Crippen molar-refractivity contribution in [1.29, 1.82) is 0 Å². The van der Waals surface area contributed by atoms with Crippen LogP contribution in [0.15, 0.2) is 59.5 Å². The average Bonchev–Trinajstić information content (AvgIpc) is 3.19. The predicted molar refractivity (Wildman–Crippen MR) is 116 cm³/mol. The number of rotatable bonds is 4. The Morgan fingerprint density at radius 3 is 2.77 bits per heavy atom. The second kappa shape index (κ2) is 7.79. The molecule has 3 heterocycles. The fourth-order valence-corrected chi connectivity index (χ4v) is 4.11. The molecule has 2 aromatic heterocycles. The second-order valence-corrected chi connectivity index (χ2v) is 7.72. The van der Waals surface area contributed by atoms with E-state index in [4.69, 9.17) is 0 Å². The number of aromatic amines is 1. The van der Waals surface area contributed by atoms with Gasteiger partial charge in [-0.15, -0.1) is 10.2 Å². The summed E-state index contributed by atoms with van der Waals surface area (Å²) in [6.07, 6.45) is 4.33. The van der Waals surface area contributed by atoms with Crippen LogP contribution in [0.1, 0.15) is 35.8 Å². The van der Waals surface area contributed by atoms with Crippen molar-refractivity contribution in [2.45, 2.75) is 32.2 Å². The first-order valence-electron chi connectivity index (χ1n) is 10.2. The van der Waals surface area contributed by atoms with Gasteiger partial charge in [0.15, 0.2) is 0 Å². The molecular weight excluding hydrogens is 395 g/mol. The van der Waals surface area contributed by atoms with Gasteiger partial charge in [0.1, 0.15) is 11.6 Å². The van der Waals surface area contributed by atoms with Crippen molar-refractivity contribution in [3.8, 4) is 11.1 Å². The largest absolute Gasteiger partial charge is 0.324 e. The number of nitrogens with one attached hydrogen (secondary N) is 2. The number of fused-ring (bicyclic) bond motifs is 1. The van der Waals surface area contributed by atoms with Crippen LogP contribution >= 0.6 is 0 Å². The van der Waals surface area contributed by atoms with Gasteiger partial charge in [0.2, 0.25) is 5.95 Å². The minimum Gasteiger partial charge on any atom is -0.324 e. The van der Waals surface area contributed by atoms with Crippen molar-refractivity contribution >= 4 is 11.6 Å². The predicted octanol–water partition coefficient (Wildman–Crippen LogP) is 4.15. The van der Waals surface area contributed by atoms with Gasteiger partial charge >= 0.3 is 0 Å². The lowest BCUT2D eigenvalue weighted by Gasteiger charge is -2.27. The smallest absolute Gasteiger partial charge is 0.272 e. The molecule has 31 heavy (non-hydrogen) atoms. The third-order valence-corrected chi connectivity index (χ3v) is 5.73. The zero-order valence-electron chi connectivity index (χ0n) is 17.0. The van der Waals surface area contributed by atoms with Crippen LogP contribution in [0.4, 0.5) is 16.0 Å². The minimum atomic E-state index is -0.250. The van der Waals surface area contributed by atoms with Crippen LogP contribution in [0, 0.1) is 12.7 Å². The van der Waals surface area contributed by atoms with E-state index in [9.17, 15) is 9.18 Å². The van der Waals surface area contributed by atoms with E-state index in [2.05, 4.69) is 30.3 Å². The SMILES string of the molecule is Cc1ccc(-c2ccn[nH]c2=O)cc1Nc1nnc2n1C(c1ccc(F)cc1)CCC2. The number of hydrogen-bond donors (Lipinski definition) is 2. The highest BCUT2D eigenvalue weighted by Gasteiger charge is 2.26. The summed E-state index contributed by atoms with van der Waals surface area (Å²) in [6, 6.07) is 14.1. The molecule has 0 bridgehead atoms. The molecule has 0 saturated carbocycles. The van der Waals surface area contributed by atoms with E-state index >= 15 is 0 Å². The molecule has 1 atom stereocenters. The molecule has 2 aromatic carbocycles. The van der Waals surface area contributed by atoms with Crippen molar-refractivity contribution in [1.82, 2.24) is 25.0 Å². The Labute approximate surface area is 178 Å². The first kappa shape index (κ1) is 19.2. The number of nitrogens with zero attached hydrogens (tertiary/aromatic N) is 4. The Hall–Kier alpha value is -3.81. The highest BCUT2D eigenvalue weighted by molar-refractivity contribution is 5.71. The molecule has 5 rings (SSSR count). The van der Waals surface area contributed by atoms with Crippen molar-refractivity contribution in [2.24, 2.45) is 0 Å². The van der Waals surface area contributed by atoms with E-state index < -0.39 is 0 Å².